The monoisotopic (exact) mass is 474 g/mol. The minimum absolute atomic E-state index is 0.00138. The van der Waals surface area contributed by atoms with Gasteiger partial charge in [0.05, 0.1) is 24.9 Å². The van der Waals surface area contributed by atoms with Gasteiger partial charge < -0.3 is 19.5 Å². The molecule has 0 spiro atoms. The summed E-state index contributed by atoms with van der Waals surface area (Å²) in [6.45, 7) is 7.83. The topological polar surface area (TPSA) is 68.7 Å². The van der Waals surface area contributed by atoms with E-state index in [9.17, 15) is 4.39 Å². The van der Waals surface area contributed by atoms with Gasteiger partial charge in [0.1, 0.15) is 30.7 Å². The smallest absolute Gasteiger partial charge is 0.163 e. The predicted octanol–water partition coefficient (Wildman–Crippen LogP) is 4.97. The highest BCUT2D eigenvalue weighted by Crippen LogP contribution is 2.36. The first-order chi connectivity index (χ1) is 15.7. The van der Waals surface area contributed by atoms with Crippen molar-refractivity contribution in [2.24, 2.45) is 0 Å². The third kappa shape index (κ3) is 4.98. The summed E-state index contributed by atoms with van der Waals surface area (Å²) in [5.74, 6) is 1.09. The lowest BCUT2D eigenvalue weighted by Crippen LogP contribution is -2.55. The normalized spacial score (nSPS) is 18.3. The molecule has 1 aliphatic rings. The molecule has 4 rings (SSSR count). The lowest BCUT2D eigenvalue weighted by molar-refractivity contribution is -0.100. The number of benzene rings is 2. The van der Waals surface area contributed by atoms with Crippen LogP contribution >= 0.6 is 11.6 Å². The molecule has 1 aliphatic heterocycles. The van der Waals surface area contributed by atoms with Crippen LogP contribution in [0.5, 0.6) is 11.5 Å². The quantitative estimate of drug-likeness (QED) is 0.540. The Hall–Kier alpha value is -2.68. The Morgan fingerprint density at radius 3 is 2.76 bits per heavy atom. The number of hydrogen-bond donors (Lipinski definition) is 1. The second kappa shape index (κ2) is 9.29. The maximum Gasteiger partial charge on any atom is 0.163 e. The first-order valence-corrected chi connectivity index (χ1v) is 11.1. The van der Waals surface area contributed by atoms with E-state index in [-0.39, 0.29) is 17.3 Å². The molecular weight excluding hydrogens is 447 g/mol. The molecule has 0 bridgehead atoms. The number of nitrogens with one attached hydrogen (secondary N) is 1. The van der Waals surface area contributed by atoms with Gasteiger partial charge in [-0.25, -0.2) is 14.4 Å². The zero-order chi connectivity index (χ0) is 23.8. The number of ether oxygens (including phenoxy) is 3. The van der Waals surface area contributed by atoms with Gasteiger partial charge in [0.25, 0.3) is 0 Å². The van der Waals surface area contributed by atoms with Gasteiger partial charge in [-0.2, -0.15) is 0 Å². The van der Waals surface area contributed by atoms with Crippen molar-refractivity contribution in [2.45, 2.75) is 32.4 Å². The highest BCUT2D eigenvalue weighted by molar-refractivity contribution is 6.31. The van der Waals surface area contributed by atoms with Crippen molar-refractivity contribution in [1.29, 1.82) is 0 Å². The lowest BCUT2D eigenvalue weighted by Gasteiger charge is -2.43. The second-order valence-corrected chi connectivity index (χ2v) is 9.29. The van der Waals surface area contributed by atoms with Gasteiger partial charge in [-0.1, -0.05) is 11.6 Å². The molecule has 2 heterocycles. The molecule has 0 radical (unpaired) electrons. The van der Waals surface area contributed by atoms with Crippen molar-refractivity contribution in [3.05, 3.63) is 47.0 Å². The molecule has 1 atom stereocenters. The fourth-order valence-electron chi connectivity index (χ4n) is 3.63. The number of aryl methyl sites for hydroxylation is 1. The van der Waals surface area contributed by atoms with Gasteiger partial charge >= 0.3 is 0 Å². The highest BCUT2D eigenvalue weighted by Gasteiger charge is 2.32. The first kappa shape index (κ1) is 23.5. The molecule has 0 amide bonds. The van der Waals surface area contributed by atoms with Gasteiger partial charge in [0.15, 0.2) is 11.5 Å². The minimum atomic E-state index is -0.420. The number of halogens is 2. The van der Waals surface area contributed by atoms with Crippen LogP contribution in [0.1, 0.15) is 19.4 Å². The van der Waals surface area contributed by atoms with Crippen molar-refractivity contribution in [1.82, 2.24) is 14.9 Å². The first-order valence-electron chi connectivity index (χ1n) is 10.7. The van der Waals surface area contributed by atoms with E-state index in [0.29, 0.717) is 52.0 Å². The van der Waals surface area contributed by atoms with Crippen LogP contribution in [-0.4, -0.2) is 60.4 Å². The Labute approximate surface area is 197 Å². The molecule has 1 aromatic heterocycles. The maximum absolute atomic E-state index is 14.5. The summed E-state index contributed by atoms with van der Waals surface area (Å²) in [7, 11) is 3.65. The second-order valence-electron chi connectivity index (χ2n) is 8.89. The number of nitrogens with zero attached hydrogens (tertiary/aromatic N) is 3. The number of aromatic nitrogens is 2. The van der Waals surface area contributed by atoms with Gasteiger partial charge in [-0.15, -0.1) is 0 Å². The molecule has 0 aliphatic carbocycles. The zero-order valence-electron chi connectivity index (χ0n) is 19.4. The molecule has 1 N–H and O–H groups in total. The maximum atomic E-state index is 14.5. The number of hydrogen-bond acceptors (Lipinski definition) is 7. The van der Waals surface area contributed by atoms with Crippen LogP contribution < -0.4 is 14.8 Å². The largest absolute Gasteiger partial charge is 0.493 e. The van der Waals surface area contributed by atoms with Gasteiger partial charge in [-0.3, -0.25) is 4.90 Å². The van der Waals surface area contributed by atoms with E-state index in [1.165, 1.54) is 18.5 Å². The van der Waals surface area contributed by atoms with Crippen molar-refractivity contribution >= 4 is 34.0 Å². The Morgan fingerprint density at radius 1 is 1.24 bits per heavy atom. The van der Waals surface area contributed by atoms with E-state index in [0.717, 1.165) is 6.54 Å². The average Bonchev–Trinajstić information content (AvgIpc) is 2.78. The fraction of sp³-hybridized carbons (Fsp3) is 0.417. The minimum Gasteiger partial charge on any atom is -0.493 e. The fourth-order valence-corrected chi connectivity index (χ4v) is 3.79. The third-order valence-electron chi connectivity index (χ3n) is 6.03. The number of morpholine rings is 1. The molecule has 1 saturated heterocycles. The van der Waals surface area contributed by atoms with Crippen LogP contribution in [0.15, 0.2) is 30.6 Å². The summed E-state index contributed by atoms with van der Waals surface area (Å²) in [4.78, 5) is 10.9. The summed E-state index contributed by atoms with van der Waals surface area (Å²) in [5, 5.41) is 4.14. The summed E-state index contributed by atoms with van der Waals surface area (Å²) >= 11 is 6.17. The van der Waals surface area contributed by atoms with Crippen molar-refractivity contribution < 1.29 is 18.6 Å². The summed E-state index contributed by atoms with van der Waals surface area (Å²) in [6, 6.07) is 6.48. The van der Waals surface area contributed by atoms with Crippen LogP contribution in [0.3, 0.4) is 0 Å². The molecule has 1 fully saturated rings. The molecule has 9 heteroatoms. The molecule has 0 saturated carbocycles. The molecular formula is C24H28ClFN4O3. The van der Waals surface area contributed by atoms with E-state index in [1.54, 1.807) is 26.2 Å². The van der Waals surface area contributed by atoms with E-state index in [2.05, 4.69) is 41.1 Å². The van der Waals surface area contributed by atoms with E-state index >= 15 is 0 Å². The van der Waals surface area contributed by atoms with Gasteiger partial charge in [0.2, 0.25) is 0 Å². The molecule has 1 unspecified atom stereocenters. The number of rotatable bonds is 6. The number of methoxy groups -OCH3 is 1. The van der Waals surface area contributed by atoms with Crippen molar-refractivity contribution in [2.75, 3.05) is 39.2 Å². The van der Waals surface area contributed by atoms with Crippen molar-refractivity contribution in [3.63, 3.8) is 0 Å². The van der Waals surface area contributed by atoms with Crippen LogP contribution in [0.4, 0.5) is 15.9 Å². The third-order valence-corrected chi connectivity index (χ3v) is 6.44. The zero-order valence-corrected chi connectivity index (χ0v) is 20.2. The van der Waals surface area contributed by atoms with Gasteiger partial charge in [0, 0.05) is 28.6 Å². The Morgan fingerprint density at radius 2 is 2.03 bits per heavy atom. The highest BCUT2D eigenvalue weighted by atomic mass is 35.5. The summed E-state index contributed by atoms with van der Waals surface area (Å²) in [5.41, 5.74) is 1.52. The average molecular weight is 475 g/mol. The van der Waals surface area contributed by atoms with Crippen LogP contribution in [0, 0.1) is 12.7 Å². The number of likely N-dealkylation sites (N-methyl/N-ethyl adjacent to an activating group) is 1. The lowest BCUT2D eigenvalue weighted by atomic mass is 10.0. The molecule has 33 heavy (non-hydrogen) atoms. The molecule has 3 aromatic rings. The van der Waals surface area contributed by atoms with E-state index in [4.69, 9.17) is 25.8 Å². The molecule has 176 valence electrons. The van der Waals surface area contributed by atoms with Crippen LogP contribution in [0.25, 0.3) is 10.9 Å². The number of fused-ring (bicyclic) bond motifs is 1. The van der Waals surface area contributed by atoms with Crippen LogP contribution in [-0.2, 0) is 4.74 Å². The molecule has 2 aromatic carbocycles. The SMILES string of the molecule is COc1cc2c(Nc3cc(Cl)c(C)cc3F)ncnc2cc1OCC1CN(C)C(C)(C)CO1. The standard InChI is InChI=1S/C24H28ClFN4O3/c1-14-6-18(26)20(8-17(14)25)29-23-16-7-21(31-5)22(9-19(16)27-13-28-23)32-11-15-10-30(4)24(2,3)12-33-15/h6-9,13,15H,10-12H2,1-5H3,(H,27,28,29). The summed E-state index contributed by atoms with van der Waals surface area (Å²) < 4.78 is 32.0. The Bertz CT molecular complexity index is 1170. The van der Waals surface area contributed by atoms with Crippen molar-refractivity contribution in [3.8, 4) is 11.5 Å². The predicted molar refractivity (Wildman–Crippen MR) is 127 cm³/mol. The van der Waals surface area contributed by atoms with Crippen LogP contribution in [0.2, 0.25) is 5.02 Å². The Balaban J connectivity index is 1.58. The molecule has 7 nitrogen and oxygen atoms in total. The number of anilines is 2. The van der Waals surface area contributed by atoms with E-state index in [1.807, 2.05) is 0 Å². The van der Waals surface area contributed by atoms with Gasteiger partial charge in [-0.05, 0) is 51.6 Å². The summed E-state index contributed by atoms with van der Waals surface area (Å²) in [6.07, 6.45) is 1.36. The Kier molecular flexibility index (Phi) is 6.61. The van der Waals surface area contributed by atoms with E-state index < -0.39 is 5.82 Å².